The number of rotatable bonds is 7. The zero-order chi connectivity index (χ0) is 32.8. The summed E-state index contributed by atoms with van der Waals surface area (Å²) < 4.78 is 0. The molecule has 0 aromatic heterocycles. The van der Waals surface area contributed by atoms with Gasteiger partial charge in [0.05, 0.1) is 0 Å². The van der Waals surface area contributed by atoms with Gasteiger partial charge in [-0.05, 0) is 47.7 Å². The Labute approximate surface area is 289 Å². The summed E-state index contributed by atoms with van der Waals surface area (Å²) in [6.07, 6.45) is 0. The molecule has 6 rings (SSSR count). The molecule has 233 valence electrons. The van der Waals surface area contributed by atoms with Gasteiger partial charge in [0.2, 0.25) is 0 Å². The molecule has 0 amide bonds. The summed E-state index contributed by atoms with van der Waals surface area (Å²) >= 11 is 6.56. The Morgan fingerprint density at radius 2 is 0.609 bits per heavy atom. The van der Waals surface area contributed by atoms with Crippen molar-refractivity contribution in [2.45, 2.75) is 0 Å². The predicted octanol–water partition coefficient (Wildman–Crippen LogP) is 6.92. The van der Waals surface area contributed by atoms with Crippen molar-refractivity contribution in [1.82, 2.24) is 0 Å². The molecule has 0 heterocycles. The summed E-state index contributed by atoms with van der Waals surface area (Å²) in [7, 11) is -0.892. The molecular formula is C39H34ClO3P2Ru. The van der Waals surface area contributed by atoms with Gasteiger partial charge in [-0.25, -0.2) is 0 Å². The number of carbonyl (C=O) groups excluding carboxylic acids is 1. The van der Waals surface area contributed by atoms with Crippen LogP contribution in [0.25, 0.3) is 0 Å². The van der Waals surface area contributed by atoms with Gasteiger partial charge in [0.25, 0.3) is 0 Å². The Morgan fingerprint density at radius 1 is 0.478 bits per heavy atom. The average Bonchev–Trinajstić information content (AvgIpc) is 3.12. The first-order valence-corrected chi connectivity index (χ1v) is 18.5. The van der Waals surface area contributed by atoms with E-state index in [0.717, 1.165) is 0 Å². The minimum atomic E-state index is -0.980. The van der Waals surface area contributed by atoms with Gasteiger partial charge < -0.3 is 5.11 Å². The molecule has 46 heavy (non-hydrogen) atoms. The summed E-state index contributed by atoms with van der Waals surface area (Å²) in [4.78, 5) is 18.7. The van der Waals surface area contributed by atoms with E-state index in [4.69, 9.17) is 21.5 Å². The van der Waals surface area contributed by atoms with Crippen molar-refractivity contribution >= 4 is 70.1 Å². The molecule has 0 aliphatic heterocycles. The quantitative estimate of drug-likeness (QED) is 0.0836. The van der Waals surface area contributed by atoms with Crippen molar-refractivity contribution in [1.29, 1.82) is 0 Å². The average molecular weight is 749 g/mol. The maximum atomic E-state index is 9.24. The van der Waals surface area contributed by atoms with Gasteiger partial charge in [0.1, 0.15) is 5.88 Å². The topological polar surface area (TPSA) is 54.4 Å². The van der Waals surface area contributed by atoms with E-state index in [9.17, 15) is 4.79 Å². The second kappa shape index (κ2) is 21.9. The van der Waals surface area contributed by atoms with Gasteiger partial charge in [-0.15, -0.1) is 11.6 Å². The number of benzene rings is 6. The molecule has 0 aliphatic carbocycles. The Morgan fingerprint density at radius 3 is 0.717 bits per heavy atom. The van der Waals surface area contributed by atoms with Crippen LogP contribution >= 0.6 is 27.4 Å². The minimum absolute atomic E-state index is 0.306. The van der Waals surface area contributed by atoms with Crippen molar-refractivity contribution in [3.8, 4) is 0 Å². The molecule has 0 spiro atoms. The first-order valence-electron chi connectivity index (χ1n) is 14.3. The largest absolute Gasteiger partial charge is 0.0622 e. The van der Waals surface area contributed by atoms with Crippen LogP contribution in [0.2, 0.25) is 0 Å². The number of carboxylic acid groups (broad SMARTS) is 1. The van der Waals surface area contributed by atoms with E-state index in [0.29, 0.717) is 4.88 Å². The van der Waals surface area contributed by atoms with Crippen molar-refractivity contribution in [2.24, 2.45) is 0 Å². The van der Waals surface area contributed by atoms with Gasteiger partial charge in [-0.1, -0.05) is 182 Å². The Kier molecular flexibility index (Phi) is 17.5. The zero-order valence-corrected chi connectivity index (χ0v) is 29.3. The van der Waals surface area contributed by atoms with Crippen LogP contribution in [0.15, 0.2) is 182 Å². The molecular weight excluding hydrogens is 715 g/mol. The number of alkyl halides is 1. The van der Waals surface area contributed by atoms with E-state index in [-0.39, 0.29) is 5.88 Å². The molecule has 0 atom stereocenters. The number of hydrogen-bond donors (Lipinski definition) is 1. The van der Waals surface area contributed by atoms with Gasteiger partial charge in [-0.3, -0.25) is 4.79 Å². The number of halogens is 1. The Balaban J connectivity index is 0.000000204. The van der Waals surface area contributed by atoms with Crippen LogP contribution in [0.5, 0.6) is 0 Å². The summed E-state index contributed by atoms with van der Waals surface area (Å²) in [5.41, 5.74) is 0. The van der Waals surface area contributed by atoms with E-state index in [1.165, 1.54) is 31.8 Å². The van der Waals surface area contributed by atoms with Crippen LogP contribution in [0.1, 0.15) is 0 Å². The van der Waals surface area contributed by atoms with Crippen LogP contribution in [-0.4, -0.2) is 21.8 Å². The smallest absolute Gasteiger partial charge is 0.0134 e. The SMILES string of the molecule is O=C(O)CCl.O=[CH][Ru].c1ccc(P(c2ccccc2)c2ccccc2)cc1.c1ccc(P(c2ccccc2)c2ccccc2)cc1. The zero-order valence-electron chi connectivity index (χ0n) is 25.0. The second-order valence-electron chi connectivity index (χ2n) is 9.29. The number of aliphatic carboxylic acids is 1. The summed E-state index contributed by atoms with van der Waals surface area (Å²) in [6, 6.07) is 64.7. The monoisotopic (exact) mass is 749 g/mol. The maximum Gasteiger partial charge on any atom is -0.0134 e. The van der Waals surface area contributed by atoms with Gasteiger partial charge in [0.15, 0.2) is 0 Å². The fraction of sp³-hybridized carbons (Fsp3) is 0.0256. The van der Waals surface area contributed by atoms with Crippen molar-refractivity contribution < 1.29 is 33.0 Å². The molecule has 0 aliphatic rings. The summed E-state index contributed by atoms with van der Waals surface area (Å²) in [5.74, 6) is -1.29. The van der Waals surface area contributed by atoms with Crippen molar-refractivity contribution in [3.63, 3.8) is 0 Å². The van der Waals surface area contributed by atoms with Crippen LogP contribution in [-0.2, 0) is 27.9 Å². The van der Waals surface area contributed by atoms with E-state index in [1.807, 2.05) is 18.3 Å². The molecule has 0 saturated carbocycles. The summed E-state index contributed by atoms with van der Waals surface area (Å²) in [6.45, 7) is 0. The first-order chi connectivity index (χ1) is 22.6. The first kappa shape index (κ1) is 36.7. The van der Waals surface area contributed by atoms with Crippen LogP contribution in [0.3, 0.4) is 0 Å². The standard InChI is InChI=1S/2C18H15P.C2H3ClO2.CHO.Ru/c2*1-4-10-16(11-5-1)19(17-12-6-2-7-13-17)18-14-8-3-9-15-18;3-1-2(4)5;1-2;/h2*1-15H;1H2,(H,4,5);1H;. The van der Waals surface area contributed by atoms with Crippen LogP contribution in [0.4, 0.5) is 0 Å². The van der Waals surface area contributed by atoms with Gasteiger partial charge >= 0.3 is 33.9 Å². The van der Waals surface area contributed by atoms with Crippen molar-refractivity contribution in [2.75, 3.05) is 5.88 Å². The summed E-state index contributed by atoms with van der Waals surface area (Å²) in [5, 5.41) is 16.0. The van der Waals surface area contributed by atoms with E-state index < -0.39 is 21.8 Å². The third-order valence-corrected chi connectivity index (χ3v) is 11.3. The molecule has 0 radical (unpaired) electrons. The van der Waals surface area contributed by atoms with Gasteiger partial charge in [-0.2, -0.15) is 0 Å². The molecule has 0 saturated heterocycles. The van der Waals surface area contributed by atoms with E-state index in [2.05, 4.69) is 182 Å². The Hall–Kier alpha value is -3.77. The normalized spacial score (nSPS) is 9.83. The Bertz CT molecular complexity index is 1360. The predicted molar refractivity (Wildman–Crippen MR) is 195 cm³/mol. The maximum absolute atomic E-state index is 9.24. The minimum Gasteiger partial charge on any atom is -0.0622 e. The third-order valence-electron chi connectivity index (χ3n) is 6.20. The molecule has 0 bridgehead atoms. The van der Waals surface area contributed by atoms with E-state index >= 15 is 0 Å². The molecule has 3 nitrogen and oxygen atoms in total. The van der Waals surface area contributed by atoms with Gasteiger partial charge in [0, 0.05) is 0 Å². The molecule has 0 unspecified atom stereocenters. The van der Waals surface area contributed by atoms with Crippen LogP contribution in [0, 0.1) is 0 Å². The third kappa shape index (κ3) is 12.6. The van der Waals surface area contributed by atoms with Crippen molar-refractivity contribution in [3.05, 3.63) is 182 Å². The number of hydrogen-bond acceptors (Lipinski definition) is 2. The molecule has 6 aromatic rings. The number of carbonyl (C=O) groups is 2. The fourth-order valence-corrected chi connectivity index (χ4v) is 8.97. The number of carboxylic acids is 1. The molecule has 0 fully saturated rings. The molecule has 6 aromatic carbocycles. The molecule has 7 heteroatoms. The second-order valence-corrected chi connectivity index (χ2v) is 14.4. The fourth-order valence-electron chi connectivity index (χ4n) is 4.36. The van der Waals surface area contributed by atoms with Crippen LogP contribution < -0.4 is 31.8 Å². The molecule has 1 N–H and O–H groups in total. The van der Waals surface area contributed by atoms with E-state index in [1.54, 1.807) is 0 Å².